The molecule has 0 radical (unpaired) electrons. The maximum absolute atomic E-state index is 10.4. The smallest absolute Gasteiger partial charge is 0.0944 e. The maximum atomic E-state index is 10.4. The van der Waals surface area contributed by atoms with E-state index in [1.165, 1.54) is 0 Å². The fourth-order valence-corrected chi connectivity index (χ4v) is 6.58. The third-order valence-electron chi connectivity index (χ3n) is 8.10. The van der Waals surface area contributed by atoms with Gasteiger partial charge in [0.15, 0.2) is 0 Å². The highest BCUT2D eigenvalue weighted by Crippen LogP contribution is 2.65. The Morgan fingerprint density at radius 1 is 1.17 bits per heavy atom. The van der Waals surface area contributed by atoms with Crippen molar-refractivity contribution in [3.05, 3.63) is 23.7 Å². The summed E-state index contributed by atoms with van der Waals surface area (Å²) in [4.78, 5) is 0. The van der Waals surface area contributed by atoms with Crippen molar-refractivity contribution >= 4 is 0 Å². The van der Waals surface area contributed by atoms with Crippen LogP contribution in [-0.4, -0.2) is 23.4 Å². The van der Waals surface area contributed by atoms with E-state index < -0.39 is 0 Å². The van der Waals surface area contributed by atoms with E-state index in [9.17, 15) is 10.2 Å². The van der Waals surface area contributed by atoms with Crippen LogP contribution >= 0.6 is 0 Å². The molecule has 2 fully saturated rings. The molecule has 0 aliphatic heterocycles. The molecule has 0 bridgehead atoms. The Morgan fingerprint density at radius 2 is 1.96 bits per heavy atom. The summed E-state index contributed by atoms with van der Waals surface area (Å²) < 4.78 is 5.96. The highest BCUT2D eigenvalue weighted by Gasteiger charge is 2.61. The van der Waals surface area contributed by atoms with Gasteiger partial charge >= 0.3 is 0 Å². The molecule has 2 saturated carbocycles. The van der Waals surface area contributed by atoms with Gasteiger partial charge < -0.3 is 14.9 Å². The van der Waals surface area contributed by atoms with Crippen molar-refractivity contribution < 1.29 is 14.9 Å². The first-order chi connectivity index (χ1) is 10.9. The Labute approximate surface area is 139 Å². The summed E-state index contributed by atoms with van der Waals surface area (Å²) in [6, 6.07) is 0. The van der Waals surface area contributed by atoms with Gasteiger partial charge in [0.1, 0.15) is 0 Å². The topological polar surface area (TPSA) is 49.7 Å². The molecule has 0 saturated heterocycles. The minimum absolute atomic E-state index is 0.0478. The van der Waals surface area contributed by atoms with Crippen molar-refractivity contribution in [1.29, 1.82) is 0 Å². The average Bonchev–Trinajstić information content (AvgIpc) is 2.83. The number of methoxy groups -OCH3 is 1. The molecule has 4 rings (SSSR count). The number of ether oxygens (including phenoxy) is 1. The van der Waals surface area contributed by atoms with E-state index in [-0.39, 0.29) is 16.9 Å². The number of hydrogen-bond acceptors (Lipinski definition) is 3. The van der Waals surface area contributed by atoms with E-state index in [4.69, 9.17) is 4.74 Å². The van der Waals surface area contributed by atoms with Crippen molar-refractivity contribution in [2.75, 3.05) is 7.11 Å². The fourth-order valence-electron chi connectivity index (χ4n) is 6.58. The van der Waals surface area contributed by atoms with Crippen LogP contribution in [0, 0.1) is 34.5 Å². The molecule has 3 nitrogen and oxygen atoms in total. The van der Waals surface area contributed by atoms with Crippen molar-refractivity contribution in [2.45, 2.75) is 58.5 Å². The second-order valence-electron chi connectivity index (χ2n) is 8.85. The lowest BCUT2D eigenvalue weighted by Crippen LogP contribution is -2.57. The van der Waals surface area contributed by atoms with Crippen molar-refractivity contribution in [1.82, 2.24) is 0 Å². The molecule has 0 amide bonds. The number of fused-ring (bicyclic) bond motifs is 5. The second-order valence-corrected chi connectivity index (χ2v) is 8.85. The largest absolute Gasteiger partial charge is 0.513 e. The fraction of sp³-hybridized carbons (Fsp3) is 0.800. The summed E-state index contributed by atoms with van der Waals surface area (Å²) >= 11 is 0. The van der Waals surface area contributed by atoms with Gasteiger partial charge in [-0.1, -0.05) is 13.8 Å². The molecule has 0 spiro atoms. The molecular weight excluding hydrogens is 288 g/mol. The van der Waals surface area contributed by atoms with E-state index in [1.54, 1.807) is 0 Å². The summed E-state index contributed by atoms with van der Waals surface area (Å²) in [7, 11) is 1.84. The molecule has 0 aromatic carbocycles. The molecule has 23 heavy (non-hydrogen) atoms. The summed E-state index contributed by atoms with van der Waals surface area (Å²) in [6.07, 6.45) is 10.6. The maximum Gasteiger partial charge on any atom is 0.0944 e. The van der Waals surface area contributed by atoms with Crippen LogP contribution in [0.4, 0.5) is 0 Å². The minimum atomic E-state index is -0.0478. The first-order valence-corrected chi connectivity index (χ1v) is 9.22. The Bertz CT molecular complexity index is 565. The Hall–Kier alpha value is -0.960. The van der Waals surface area contributed by atoms with Crippen molar-refractivity contribution in [3.63, 3.8) is 0 Å². The second kappa shape index (κ2) is 5.02. The zero-order valence-electron chi connectivity index (χ0n) is 14.6. The normalized spacial score (nSPS) is 52.0. The van der Waals surface area contributed by atoms with Gasteiger partial charge in [-0.15, -0.1) is 0 Å². The lowest BCUT2D eigenvalue weighted by molar-refractivity contribution is -0.153. The van der Waals surface area contributed by atoms with Gasteiger partial charge in [0, 0.05) is 18.9 Å². The van der Waals surface area contributed by atoms with Gasteiger partial charge in [0.25, 0.3) is 0 Å². The molecule has 0 aromatic rings. The Morgan fingerprint density at radius 3 is 2.70 bits per heavy atom. The zero-order chi connectivity index (χ0) is 16.4. The zero-order valence-corrected chi connectivity index (χ0v) is 14.6. The van der Waals surface area contributed by atoms with Crippen LogP contribution < -0.4 is 0 Å². The lowest BCUT2D eigenvalue weighted by Gasteiger charge is -2.60. The number of allylic oxidation sites excluding steroid dienone is 4. The summed E-state index contributed by atoms with van der Waals surface area (Å²) in [5.74, 6) is 3.27. The van der Waals surface area contributed by atoms with Crippen LogP contribution in [0.25, 0.3) is 0 Å². The molecule has 0 heterocycles. The van der Waals surface area contributed by atoms with Gasteiger partial charge in [-0.25, -0.2) is 0 Å². The monoisotopic (exact) mass is 318 g/mol. The quantitative estimate of drug-likeness (QED) is 0.733. The van der Waals surface area contributed by atoms with Crippen molar-refractivity contribution in [2.24, 2.45) is 34.5 Å². The van der Waals surface area contributed by atoms with Crippen LogP contribution in [0.1, 0.15) is 52.4 Å². The van der Waals surface area contributed by atoms with Crippen LogP contribution in [-0.2, 0) is 4.74 Å². The number of hydrogen-bond donors (Lipinski definition) is 2. The van der Waals surface area contributed by atoms with Crippen LogP contribution in [0.5, 0.6) is 0 Å². The summed E-state index contributed by atoms with van der Waals surface area (Å²) in [5, 5.41) is 20.5. The molecule has 3 heteroatoms. The summed E-state index contributed by atoms with van der Waals surface area (Å²) in [5.41, 5.74) is 0.221. The summed E-state index contributed by atoms with van der Waals surface area (Å²) in [6.45, 7) is 4.69. The third-order valence-corrected chi connectivity index (χ3v) is 8.10. The van der Waals surface area contributed by atoms with Crippen molar-refractivity contribution in [3.8, 4) is 0 Å². The Kier molecular flexibility index (Phi) is 3.39. The third kappa shape index (κ3) is 1.98. The minimum Gasteiger partial charge on any atom is -0.513 e. The highest BCUT2D eigenvalue weighted by molar-refractivity contribution is 5.23. The average molecular weight is 318 g/mol. The number of aliphatic hydroxyl groups is 2. The van der Waals surface area contributed by atoms with Gasteiger partial charge in [-0.05, 0) is 73.3 Å². The molecule has 2 N–H and O–H groups in total. The van der Waals surface area contributed by atoms with E-state index in [0.717, 1.165) is 38.5 Å². The standard InChI is InChI=1S/C20H30O3/c1-19-8-6-13(21)10-12(19)11-16(23-3)18-14-4-5-17(22)20(14,2)9-7-15(18)19/h5,10,12,14-16,18,21-22H,4,6-9,11H2,1-3H3/t12?,14-,15+,16?,18-,19-,20-/m0/s1. The van der Waals surface area contributed by atoms with E-state index >= 15 is 0 Å². The molecule has 2 unspecified atom stereocenters. The van der Waals surface area contributed by atoms with Crippen LogP contribution in [0.2, 0.25) is 0 Å². The number of rotatable bonds is 1. The van der Waals surface area contributed by atoms with Crippen LogP contribution in [0.15, 0.2) is 23.7 Å². The highest BCUT2D eigenvalue weighted by atomic mass is 16.5. The molecular formula is C20H30O3. The molecule has 4 aliphatic carbocycles. The first-order valence-electron chi connectivity index (χ1n) is 9.22. The van der Waals surface area contributed by atoms with Gasteiger partial charge in [0.2, 0.25) is 0 Å². The molecule has 0 aromatic heterocycles. The van der Waals surface area contributed by atoms with E-state index in [2.05, 4.69) is 26.0 Å². The lowest BCUT2D eigenvalue weighted by atomic mass is 9.45. The number of aliphatic hydroxyl groups excluding tert-OH is 2. The molecule has 128 valence electrons. The van der Waals surface area contributed by atoms with Gasteiger partial charge in [-0.2, -0.15) is 0 Å². The SMILES string of the molecule is COC1CC2C=C(O)CC[C@]2(C)[C@@H]2CC[C@]3(C)C(O)=CC[C@H]3[C@H]12. The molecule has 4 aliphatic rings. The van der Waals surface area contributed by atoms with Gasteiger partial charge in [-0.3, -0.25) is 0 Å². The van der Waals surface area contributed by atoms with E-state index in [1.807, 2.05) is 7.11 Å². The Balaban J connectivity index is 1.73. The first kappa shape index (κ1) is 15.6. The van der Waals surface area contributed by atoms with E-state index in [0.29, 0.717) is 35.2 Å². The predicted molar refractivity (Wildman–Crippen MR) is 90.1 cm³/mol. The molecule has 7 atom stereocenters. The van der Waals surface area contributed by atoms with Crippen LogP contribution in [0.3, 0.4) is 0 Å². The van der Waals surface area contributed by atoms with Gasteiger partial charge in [0.05, 0.1) is 17.6 Å². The predicted octanol–water partition coefficient (Wildman–Crippen LogP) is 4.76.